The summed E-state index contributed by atoms with van der Waals surface area (Å²) in [7, 11) is 1.86. The van der Waals surface area contributed by atoms with E-state index in [1.165, 1.54) is 0 Å². The summed E-state index contributed by atoms with van der Waals surface area (Å²) in [6.07, 6.45) is -0.518. The van der Waals surface area contributed by atoms with Crippen molar-refractivity contribution in [1.29, 1.82) is 0 Å². The minimum Gasteiger partial charge on any atom is -0.395 e. The highest BCUT2D eigenvalue weighted by Crippen LogP contribution is 2.01. The SMILES string of the molecule is CN(CCO)CC(O)COCc1ccccc1. The van der Waals surface area contributed by atoms with Gasteiger partial charge in [0.2, 0.25) is 0 Å². The van der Waals surface area contributed by atoms with E-state index in [9.17, 15) is 5.11 Å². The number of aliphatic hydroxyl groups is 2. The lowest BCUT2D eigenvalue weighted by molar-refractivity contribution is 0.0119. The van der Waals surface area contributed by atoms with Gasteiger partial charge in [-0.15, -0.1) is 0 Å². The van der Waals surface area contributed by atoms with E-state index in [0.717, 1.165) is 5.56 Å². The van der Waals surface area contributed by atoms with Gasteiger partial charge in [0.25, 0.3) is 0 Å². The van der Waals surface area contributed by atoms with Crippen LogP contribution in [0, 0.1) is 0 Å². The van der Waals surface area contributed by atoms with Crippen LogP contribution in [0.4, 0.5) is 0 Å². The summed E-state index contributed by atoms with van der Waals surface area (Å²) < 4.78 is 5.42. The quantitative estimate of drug-likeness (QED) is 0.693. The molecule has 0 amide bonds. The molecule has 4 heteroatoms. The Hall–Kier alpha value is -0.940. The van der Waals surface area contributed by atoms with Crippen molar-refractivity contribution in [2.24, 2.45) is 0 Å². The zero-order valence-electron chi connectivity index (χ0n) is 10.2. The van der Waals surface area contributed by atoms with Crippen molar-refractivity contribution in [3.8, 4) is 0 Å². The van der Waals surface area contributed by atoms with Crippen molar-refractivity contribution >= 4 is 0 Å². The summed E-state index contributed by atoms with van der Waals surface area (Å²) >= 11 is 0. The van der Waals surface area contributed by atoms with Crippen molar-refractivity contribution < 1.29 is 14.9 Å². The Kier molecular flexibility index (Phi) is 6.81. The van der Waals surface area contributed by atoms with Crippen LogP contribution in [-0.4, -0.2) is 54.6 Å². The minimum atomic E-state index is -0.518. The first-order valence-electron chi connectivity index (χ1n) is 5.81. The molecule has 1 atom stereocenters. The molecule has 1 rings (SSSR count). The first-order valence-corrected chi connectivity index (χ1v) is 5.81. The van der Waals surface area contributed by atoms with Gasteiger partial charge in [-0.25, -0.2) is 0 Å². The molecule has 0 fully saturated rings. The van der Waals surface area contributed by atoms with Gasteiger partial charge in [0.15, 0.2) is 0 Å². The Morgan fingerprint density at radius 3 is 2.65 bits per heavy atom. The smallest absolute Gasteiger partial charge is 0.0900 e. The summed E-state index contributed by atoms with van der Waals surface area (Å²) in [6.45, 7) is 2.01. The molecule has 1 unspecified atom stereocenters. The van der Waals surface area contributed by atoms with Crippen LogP contribution in [0.25, 0.3) is 0 Å². The van der Waals surface area contributed by atoms with Crippen LogP contribution >= 0.6 is 0 Å². The van der Waals surface area contributed by atoms with Crippen LogP contribution in [0.2, 0.25) is 0 Å². The van der Waals surface area contributed by atoms with Crippen LogP contribution in [0.1, 0.15) is 5.56 Å². The molecular formula is C13H21NO3. The lowest BCUT2D eigenvalue weighted by atomic mass is 10.2. The molecule has 0 spiro atoms. The van der Waals surface area contributed by atoms with Crippen molar-refractivity contribution in [3.05, 3.63) is 35.9 Å². The highest BCUT2D eigenvalue weighted by Gasteiger charge is 2.07. The molecule has 17 heavy (non-hydrogen) atoms. The van der Waals surface area contributed by atoms with Gasteiger partial charge < -0.3 is 19.8 Å². The molecular weight excluding hydrogens is 218 g/mol. The second-order valence-corrected chi connectivity index (χ2v) is 4.14. The number of rotatable bonds is 8. The molecule has 96 valence electrons. The first kappa shape index (κ1) is 14.1. The molecule has 2 N–H and O–H groups in total. The van der Waals surface area contributed by atoms with E-state index in [4.69, 9.17) is 9.84 Å². The van der Waals surface area contributed by atoms with Crippen LogP contribution in [0.5, 0.6) is 0 Å². The predicted molar refractivity (Wildman–Crippen MR) is 66.7 cm³/mol. The number of hydrogen-bond donors (Lipinski definition) is 2. The standard InChI is InChI=1S/C13H21NO3/c1-14(7-8-15)9-13(16)11-17-10-12-5-3-2-4-6-12/h2-6,13,15-16H,7-11H2,1H3. The molecule has 0 heterocycles. The summed E-state index contributed by atoms with van der Waals surface area (Å²) in [5.74, 6) is 0. The monoisotopic (exact) mass is 239 g/mol. The van der Waals surface area contributed by atoms with Crippen LogP contribution < -0.4 is 0 Å². The maximum atomic E-state index is 9.68. The maximum Gasteiger partial charge on any atom is 0.0900 e. The normalized spacial score (nSPS) is 12.9. The van der Waals surface area contributed by atoms with Gasteiger partial charge in [0, 0.05) is 13.1 Å². The molecule has 0 aliphatic carbocycles. The average molecular weight is 239 g/mol. The molecule has 0 radical (unpaired) electrons. The second-order valence-electron chi connectivity index (χ2n) is 4.14. The average Bonchev–Trinajstić information content (AvgIpc) is 2.30. The fourth-order valence-corrected chi connectivity index (χ4v) is 1.56. The zero-order valence-corrected chi connectivity index (χ0v) is 10.2. The molecule has 0 aliphatic rings. The molecule has 1 aromatic rings. The van der Waals surface area contributed by atoms with E-state index in [-0.39, 0.29) is 6.61 Å². The molecule has 0 bridgehead atoms. The van der Waals surface area contributed by atoms with Gasteiger partial charge in [-0.05, 0) is 12.6 Å². The van der Waals surface area contributed by atoms with E-state index in [0.29, 0.717) is 26.3 Å². The fourth-order valence-electron chi connectivity index (χ4n) is 1.56. The van der Waals surface area contributed by atoms with E-state index >= 15 is 0 Å². The Morgan fingerprint density at radius 1 is 1.29 bits per heavy atom. The van der Waals surface area contributed by atoms with Crippen LogP contribution in [0.15, 0.2) is 30.3 Å². The van der Waals surface area contributed by atoms with Crippen molar-refractivity contribution in [3.63, 3.8) is 0 Å². The summed E-state index contributed by atoms with van der Waals surface area (Å²) in [4.78, 5) is 1.87. The van der Waals surface area contributed by atoms with Gasteiger partial charge in [-0.1, -0.05) is 30.3 Å². The predicted octanol–water partition coefficient (Wildman–Crippen LogP) is 0.488. The number of hydrogen-bond acceptors (Lipinski definition) is 4. The Morgan fingerprint density at radius 2 is 2.00 bits per heavy atom. The molecule has 0 aromatic heterocycles. The Labute approximate surface area is 102 Å². The molecule has 1 aromatic carbocycles. The van der Waals surface area contributed by atoms with Gasteiger partial charge in [-0.2, -0.15) is 0 Å². The molecule has 0 saturated heterocycles. The fraction of sp³-hybridized carbons (Fsp3) is 0.538. The highest BCUT2D eigenvalue weighted by molar-refractivity contribution is 5.13. The number of likely N-dealkylation sites (N-methyl/N-ethyl adjacent to an activating group) is 1. The van der Waals surface area contributed by atoms with Crippen molar-refractivity contribution in [2.75, 3.05) is 33.4 Å². The Balaban J connectivity index is 2.14. The van der Waals surface area contributed by atoms with Gasteiger partial charge in [-0.3, -0.25) is 0 Å². The number of benzene rings is 1. The van der Waals surface area contributed by atoms with Gasteiger partial charge >= 0.3 is 0 Å². The second kappa shape index (κ2) is 8.20. The van der Waals surface area contributed by atoms with Crippen molar-refractivity contribution in [2.45, 2.75) is 12.7 Å². The zero-order chi connectivity index (χ0) is 12.5. The van der Waals surface area contributed by atoms with Gasteiger partial charge in [0.1, 0.15) is 0 Å². The molecule has 0 aliphatic heterocycles. The molecule has 4 nitrogen and oxygen atoms in total. The molecule has 0 saturated carbocycles. The van der Waals surface area contributed by atoms with Crippen LogP contribution in [-0.2, 0) is 11.3 Å². The largest absolute Gasteiger partial charge is 0.395 e. The third-order valence-corrected chi connectivity index (χ3v) is 2.43. The van der Waals surface area contributed by atoms with Crippen molar-refractivity contribution in [1.82, 2.24) is 4.90 Å². The summed E-state index contributed by atoms with van der Waals surface area (Å²) in [5, 5.41) is 18.4. The number of nitrogens with zero attached hydrogens (tertiary/aromatic N) is 1. The summed E-state index contributed by atoms with van der Waals surface area (Å²) in [5.41, 5.74) is 1.10. The number of ether oxygens (including phenoxy) is 1. The minimum absolute atomic E-state index is 0.105. The third-order valence-electron chi connectivity index (χ3n) is 2.43. The highest BCUT2D eigenvalue weighted by atomic mass is 16.5. The number of aliphatic hydroxyl groups excluding tert-OH is 2. The van der Waals surface area contributed by atoms with Gasteiger partial charge in [0.05, 0.1) is 25.9 Å². The van der Waals surface area contributed by atoms with E-state index in [1.54, 1.807) is 0 Å². The third kappa shape index (κ3) is 6.38. The van der Waals surface area contributed by atoms with E-state index in [2.05, 4.69) is 0 Å². The summed E-state index contributed by atoms with van der Waals surface area (Å²) in [6, 6.07) is 9.87. The van der Waals surface area contributed by atoms with Crippen LogP contribution in [0.3, 0.4) is 0 Å². The maximum absolute atomic E-state index is 9.68. The first-order chi connectivity index (χ1) is 8.22. The lowest BCUT2D eigenvalue weighted by Gasteiger charge is -2.19. The Bertz CT molecular complexity index is 292. The van der Waals surface area contributed by atoms with E-state index < -0.39 is 6.10 Å². The lowest BCUT2D eigenvalue weighted by Crippen LogP contribution is -2.33. The van der Waals surface area contributed by atoms with E-state index in [1.807, 2.05) is 42.3 Å². The topological polar surface area (TPSA) is 52.9 Å².